The van der Waals surface area contributed by atoms with Crippen LogP contribution in [0.25, 0.3) is 11.3 Å². The van der Waals surface area contributed by atoms with Crippen molar-refractivity contribution in [3.8, 4) is 22.8 Å². The number of rotatable bonds is 6. The van der Waals surface area contributed by atoms with E-state index < -0.39 is 33.6 Å². The van der Waals surface area contributed by atoms with Gasteiger partial charge in [0.05, 0.1) is 30.5 Å². The Bertz CT molecular complexity index is 1460. The van der Waals surface area contributed by atoms with Gasteiger partial charge in [-0.2, -0.15) is 0 Å². The van der Waals surface area contributed by atoms with E-state index >= 15 is 0 Å². The molecule has 0 radical (unpaired) electrons. The van der Waals surface area contributed by atoms with E-state index in [0.29, 0.717) is 31.1 Å². The third-order valence-electron chi connectivity index (χ3n) is 6.08. The summed E-state index contributed by atoms with van der Waals surface area (Å²) in [5.74, 6) is -1.23. The summed E-state index contributed by atoms with van der Waals surface area (Å²) in [6.45, 7) is 1.24. The molecule has 1 aromatic heterocycles. The minimum atomic E-state index is -3.02. The highest BCUT2D eigenvalue weighted by atomic mass is 32.2. The van der Waals surface area contributed by atoms with Crippen LogP contribution in [0, 0.1) is 11.6 Å². The number of carbonyl (C=O) groups is 1. The van der Waals surface area contributed by atoms with E-state index in [1.807, 2.05) is 11.0 Å². The van der Waals surface area contributed by atoms with Crippen molar-refractivity contribution < 1.29 is 31.5 Å². The first-order chi connectivity index (χ1) is 17.7. The molecule has 194 valence electrons. The molecule has 3 aromatic rings. The van der Waals surface area contributed by atoms with Gasteiger partial charge in [-0.15, -0.1) is 0 Å². The third-order valence-corrected chi connectivity index (χ3v) is 7.69. The standard InChI is InChI=1S/C24H23F2N5O5S/c1-35-19-11-15(25)5-6-16(19)20-17(26)12-27-24(29-20)30-23-22(32)28-18-4-2-3-14(21(18)36-23)13-31-7-9-37(33,34)10-8-31/h2-6,11-12,23H,7-10,13H2,1H3,(H,28,32)(H,27,29,30). The first kappa shape index (κ1) is 24.8. The van der Waals surface area contributed by atoms with Crippen molar-refractivity contribution in [3.05, 3.63) is 59.8 Å². The number of benzene rings is 2. The second kappa shape index (κ2) is 9.90. The fraction of sp³-hybridized carbons (Fsp3) is 0.292. The molecule has 5 rings (SSSR count). The Morgan fingerprint density at radius 1 is 1.22 bits per heavy atom. The van der Waals surface area contributed by atoms with Crippen LogP contribution >= 0.6 is 0 Å². The number of aromatic nitrogens is 2. The van der Waals surface area contributed by atoms with E-state index in [2.05, 4.69) is 20.6 Å². The lowest BCUT2D eigenvalue weighted by atomic mass is 10.1. The molecule has 2 aliphatic heterocycles. The Labute approximate surface area is 211 Å². The van der Waals surface area contributed by atoms with Crippen LogP contribution in [0.5, 0.6) is 11.5 Å². The molecule has 37 heavy (non-hydrogen) atoms. The van der Waals surface area contributed by atoms with E-state index in [9.17, 15) is 22.0 Å². The van der Waals surface area contributed by atoms with E-state index in [4.69, 9.17) is 9.47 Å². The highest BCUT2D eigenvalue weighted by Gasteiger charge is 2.31. The minimum absolute atomic E-state index is 0.0827. The SMILES string of the molecule is COc1cc(F)ccc1-c1nc(NC2Oc3c(CN4CCS(=O)(=O)CC4)cccc3NC2=O)ncc1F. The molecule has 0 saturated carbocycles. The Hall–Kier alpha value is -3.84. The predicted molar refractivity (Wildman–Crippen MR) is 131 cm³/mol. The largest absolute Gasteiger partial charge is 0.496 e. The molecule has 3 heterocycles. The second-order valence-corrected chi connectivity index (χ2v) is 10.9. The molecular formula is C24H23F2N5O5S. The van der Waals surface area contributed by atoms with Crippen molar-refractivity contribution in [2.24, 2.45) is 0 Å². The molecule has 10 nitrogen and oxygen atoms in total. The quantitative estimate of drug-likeness (QED) is 0.494. The molecule has 1 amide bonds. The van der Waals surface area contributed by atoms with E-state index in [0.717, 1.165) is 23.9 Å². The summed E-state index contributed by atoms with van der Waals surface area (Å²) < 4.78 is 62.8. The monoisotopic (exact) mass is 531 g/mol. The van der Waals surface area contributed by atoms with Gasteiger partial charge >= 0.3 is 0 Å². The molecule has 2 aliphatic rings. The highest BCUT2D eigenvalue weighted by Crippen LogP contribution is 2.35. The lowest BCUT2D eigenvalue weighted by molar-refractivity contribution is -0.122. The van der Waals surface area contributed by atoms with Crippen LogP contribution in [0.4, 0.5) is 20.4 Å². The number of amides is 1. The number of sulfone groups is 1. The molecule has 2 aromatic carbocycles. The number of halogens is 2. The summed E-state index contributed by atoms with van der Waals surface area (Å²) in [4.78, 5) is 22.8. The normalized spacial score (nSPS) is 18.9. The molecule has 1 unspecified atom stereocenters. The van der Waals surface area contributed by atoms with Crippen LogP contribution in [0.3, 0.4) is 0 Å². The van der Waals surface area contributed by atoms with Gasteiger partial charge in [-0.05, 0) is 18.2 Å². The zero-order valence-corrected chi connectivity index (χ0v) is 20.5. The highest BCUT2D eigenvalue weighted by molar-refractivity contribution is 7.91. The van der Waals surface area contributed by atoms with Gasteiger partial charge in [0.2, 0.25) is 5.95 Å². The molecule has 0 spiro atoms. The van der Waals surface area contributed by atoms with Crippen LogP contribution in [0.1, 0.15) is 5.56 Å². The summed E-state index contributed by atoms with van der Waals surface area (Å²) in [5.41, 5.74) is 1.30. The van der Waals surface area contributed by atoms with E-state index in [1.54, 1.807) is 12.1 Å². The number of ether oxygens (including phenoxy) is 2. The number of nitrogens with one attached hydrogen (secondary N) is 2. The zero-order chi connectivity index (χ0) is 26.2. The number of nitrogens with zero attached hydrogens (tertiary/aromatic N) is 3. The number of hydrogen-bond donors (Lipinski definition) is 2. The molecular weight excluding hydrogens is 508 g/mol. The van der Waals surface area contributed by atoms with Crippen LogP contribution in [0.2, 0.25) is 0 Å². The number of anilines is 2. The Balaban J connectivity index is 1.38. The smallest absolute Gasteiger partial charge is 0.287 e. The Kier molecular flexibility index (Phi) is 6.65. The van der Waals surface area contributed by atoms with Crippen LogP contribution in [-0.2, 0) is 21.2 Å². The molecule has 13 heteroatoms. The predicted octanol–water partition coefficient (Wildman–Crippen LogP) is 2.43. The lowest BCUT2D eigenvalue weighted by Gasteiger charge is -2.31. The van der Waals surface area contributed by atoms with Crippen molar-refractivity contribution >= 4 is 27.4 Å². The van der Waals surface area contributed by atoms with Gasteiger partial charge in [0.15, 0.2) is 21.4 Å². The topological polar surface area (TPSA) is 123 Å². The summed E-state index contributed by atoms with van der Waals surface area (Å²) >= 11 is 0. The average molecular weight is 532 g/mol. The van der Waals surface area contributed by atoms with Crippen molar-refractivity contribution in [3.63, 3.8) is 0 Å². The van der Waals surface area contributed by atoms with E-state index in [1.165, 1.54) is 13.2 Å². The average Bonchev–Trinajstić information content (AvgIpc) is 2.87. The van der Waals surface area contributed by atoms with Gasteiger partial charge in [-0.1, -0.05) is 12.1 Å². The number of carbonyl (C=O) groups excluding carboxylic acids is 1. The fourth-order valence-electron chi connectivity index (χ4n) is 4.16. The van der Waals surface area contributed by atoms with Crippen LogP contribution < -0.4 is 20.1 Å². The summed E-state index contributed by atoms with van der Waals surface area (Å²) in [7, 11) is -1.69. The first-order valence-electron chi connectivity index (χ1n) is 11.4. The summed E-state index contributed by atoms with van der Waals surface area (Å²) in [6, 6.07) is 8.91. The van der Waals surface area contributed by atoms with Crippen LogP contribution in [-0.4, -0.2) is 67.1 Å². The number of fused-ring (bicyclic) bond motifs is 1. The molecule has 0 aliphatic carbocycles. The maximum Gasteiger partial charge on any atom is 0.287 e. The van der Waals surface area contributed by atoms with Crippen molar-refractivity contribution in [1.82, 2.24) is 14.9 Å². The molecule has 1 fully saturated rings. The third kappa shape index (κ3) is 5.32. The summed E-state index contributed by atoms with van der Waals surface area (Å²) in [5, 5.41) is 5.54. The second-order valence-electron chi connectivity index (χ2n) is 8.59. The zero-order valence-electron chi connectivity index (χ0n) is 19.7. The van der Waals surface area contributed by atoms with Gasteiger partial charge in [0.25, 0.3) is 12.1 Å². The molecule has 1 atom stereocenters. The van der Waals surface area contributed by atoms with E-state index in [-0.39, 0.29) is 34.5 Å². The number of hydrogen-bond acceptors (Lipinski definition) is 9. The van der Waals surface area contributed by atoms with Crippen molar-refractivity contribution in [1.29, 1.82) is 0 Å². The minimum Gasteiger partial charge on any atom is -0.496 e. The maximum atomic E-state index is 14.6. The first-order valence-corrected chi connectivity index (χ1v) is 13.2. The Morgan fingerprint density at radius 3 is 2.76 bits per heavy atom. The van der Waals surface area contributed by atoms with Gasteiger partial charge in [0, 0.05) is 36.8 Å². The van der Waals surface area contributed by atoms with Gasteiger partial charge in [0.1, 0.15) is 17.3 Å². The van der Waals surface area contributed by atoms with Crippen LogP contribution in [0.15, 0.2) is 42.6 Å². The Morgan fingerprint density at radius 2 is 2.00 bits per heavy atom. The van der Waals surface area contributed by atoms with Gasteiger partial charge in [-0.25, -0.2) is 27.2 Å². The van der Waals surface area contributed by atoms with Crippen molar-refractivity contribution in [2.45, 2.75) is 12.8 Å². The molecule has 0 bridgehead atoms. The molecule has 1 saturated heterocycles. The number of para-hydroxylation sites is 1. The maximum absolute atomic E-state index is 14.6. The lowest BCUT2D eigenvalue weighted by Crippen LogP contribution is -2.44. The van der Waals surface area contributed by atoms with Crippen molar-refractivity contribution in [2.75, 3.05) is 42.3 Å². The van der Waals surface area contributed by atoms with Gasteiger partial charge in [-0.3, -0.25) is 9.69 Å². The number of methoxy groups -OCH3 is 1. The summed E-state index contributed by atoms with van der Waals surface area (Å²) in [6.07, 6.45) is -0.304. The fourth-order valence-corrected chi connectivity index (χ4v) is 5.44. The van der Waals surface area contributed by atoms with Gasteiger partial charge < -0.3 is 20.1 Å². The molecule has 2 N–H and O–H groups in total.